The predicted molar refractivity (Wildman–Crippen MR) is 77.7 cm³/mol. The summed E-state index contributed by atoms with van der Waals surface area (Å²) in [5.41, 5.74) is 0.129. The number of nitrogens with zero attached hydrogens (tertiary/aromatic N) is 2. The molecular formula is C16H22N2O2. The molecule has 1 heterocycles. The van der Waals surface area contributed by atoms with E-state index < -0.39 is 11.2 Å². The minimum Gasteiger partial charge on any atom is -0.622 e. The van der Waals surface area contributed by atoms with Gasteiger partial charge < -0.3 is 10.4 Å². The molecule has 1 spiro atoms. The Hall–Kier alpha value is -1.39. The fourth-order valence-electron chi connectivity index (χ4n) is 3.76. The molecule has 1 aliphatic carbocycles. The summed E-state index contributed by atoms with van der Waals surface area (Å²) in [7, 11) is 0. The summed E-state index contributed by atoms with van der Waals surface area (Å²) in [6.45, 7) is 3.84. The van der Waals surface area contributed by atoms with Gasteiger partial charge in [-0.3, -0.25) is 0 Å². The van der Waals surface area contributed by atoms with Crippen molar-refractivity contribution in [2.24, 2.45) is 0 Å². The number of rotatable bonds is 1. The summed E-state index contributed by atoms with van der Waals surface area (Å²) in [5.74, 6) is 0. The smallest absolute Gasteiger partial charge is 0.251 e. The van der Waals surface area contributed by atoms with E-state index in [0.29, 0.717) is 5.71 Å². The monoisotopic (exact) mass is 274 g/mol. The maximum atomic E-state index is 13.0. The predicted octanol–water partition coefficient (Wildman–Crippen LogP) is 3.13. The van der Waals surface area contributed by atoms with Crippen LogP contribution in [0.15, 0.2) is 30.3 Å². The summed E-state index contributed by atoms with van der Waals surface area (Å²) in [5, 5.41) is 25.0. The van der Waals surface area contributed by atoms with Gasteiger partial charge in [0, 0.05) is 18.4 Å². The van der Waals surface area contributed by atoms with Crippen LogP contribution in [0.5, 0.6) is 0 Å². The molecule has 4 heteroatoms. The SMILES string of the molecule is CC1(C)C(c2ccccc2)=[N+]([O-])C2(CCCCC2)N1O. The van der Waals surface area contributed by atoms with Gasteiger partial charge in [-0.05, 0) is 38.8 Å². The van der Waals surface area contributed by atoms with Crippen molar-refractivity contribution in [3.05, 3.63) is 41.1 Å². The highest BCUT2D eigenvalue weighted by Crippen LogP contribution is 2.43. The van der Waals surface area contributed by atoms with Crippen LogP contribution in [0.25, 0.3) is 0 Å². The van der Waals surface area contributed by atoms with E-state index in [-0.39, 0.29) is 0 Å². The van der Waals surface area contributed by atoms with E-state index in [9.17, 15) is 10.4 Å². The van der Waals surface area contributed by atoms with Crippen LogP contribution in [0.4, 0.5) is 0 Å². The zero-order valence-corrected chi connectivity index (χ0v) is 12.2. The molecule has 1 aromatic rings. The number of hydrogen-bond acceptors (Lipinski definition) is 3. The Bertz CT molecular complexity index is 531. The molecule has 108 valence electrons. The molecule has 1 N–H and O–H groups in total. The molecule has 1 fully saturated rings. The molecule has 2 aliphatic rings. The Morgan fingerprint density at radius 2 is 1.70 bits per heavy atom. The molecular weight excluding hydrogens is 252 g/mol. The molecule has 0 amide bonds. The highest BCUT2D eigenvalue weighted by Gasteiger charge is 2.61. The minimum atomic E-state index is -0.771. The van der Waals surface area contributed by atoms with Crippen LogP contribution >= 0.6 is 0 Å². The molecule has 0 radical (unpaired) electrons. The average molecular weight is 274 g/mol. The van der Waals surface area contributed by atoms with E-state index in [2.05, 4.69) is 0 Å². The topological polar surface area (TPSA) is 49.5 Å². The van der Waals surface area contributed by atoms with Crippen molar-refractivity contribution in [2.75, 3.05) is 0 Å². The second kappa shape index (κ2) is 4.57. The largest absolute Gasteiger partial charge is 0.622 e. The van der Waals surface area contributed by atoms with Crippen molar-refractivity contribution >= 4 is 5.71 Å². The van der Waals surface area contributed by atoms with Gasteiger partial charge in [0.25, 0.3) is 5.66 Å². The lowest BCUT2D eigenvalue weighted by Crippen LogP contribution is -2.55. The maximum Gasteiger partial charge on any atom is 0.251 e. The van der Waals surface area contributed by atoms with Gasteiger partial charge in [-0.25, -0.2) is 0 Å². The molecule has 1 aliphatic heterocycles. The van der Waals surface area contributed by atoms with E-state index in [1.165, 1.54) is 5.06 Å². The van der Waals surface area contributed by atoms with Gasteiger partial charge in [0.1, 0.15) is 5.54 Å². The van der Waals surface area contributed by atoms with E-state index >= 15 is 0 Å². The van der Waals surface area contributed by atoms with Crippen LogP contribution in [-0.4, -0.2) is 31.9 Å². The van der Waals surface area contributed by atoms with Crippen molar-refractivity contribution in [3.8, 4) is 0 Å². The second-order valence-electron chi connectivity index (χ2n) is 6.42. The zero-order valence-electron chi connectivity index (χ0n) is 12.2. The highest BCUT2D eigenvalue weighted by molar-refractivity contribution is 6.04. The van der Waals surface area contributed by atoms with Crippen LogP contribution < -0.4 is 0 Å². The summed E-state index contributed by atoms with van der Waals surface area (Å²) < 4.78 is 1.08. The first-order valence-corrected chi connectivity index (χ1v) is 7.39. The molecule has 4 nitrogen and oxygen atoms in total. The van der Waals surface area contributed by atoms with Crippen LogP contribution in [0, 0.1) is 5.21 Å². The van der Waals surface area contributed by atoms with Crippen LogP contribution in [0.3, 0.4) is 0 Å². The Balaban J connectivity index is 2.15. The Morgan fingerprint density at radius 1 is 1.10 bits per heavy atom. The molecule has 1 saturated carbocycles. The van der Waals surface area contributed by atoms with E-state index in [0.717, 1.165) is 42.4 Å². The maximum absolute atomic E-state index is 13.0. The molecule has 0 saturated heterocycles. The van der Waals surface area contributed by atoms with Gasteiger partial charge in [-0.1, -0.05) is 24.6 Å². The first-order chi connectivity index (χ1) is 9.50. The quantitative estimate of drug-likeness (QED) is 0.632. The van der Waals surface area contributed by atoms with Gasteiger partial charge in [0.2, 0.25) is 5.71 Å². The molecule has 20 heavy (non-hydrogen) atoms. The molecule has 0 atom stereocenters. The standard InChI is InChI=1S/C16H22N2O2/c1-15(2)14(13-9-5-3-6-10-13)17(19)16(18(15)20)11-7-4-8-12-16/h3,5-6,9-10,20H,4,7-8,11-12H2,1-2H3. The van der Waals surface area contributed by atoms with E-state index in [1.807, 2.05) is 44.2 Å². The van der Waals surface area contributed by atoms with Crippen molar-refractivity contribution in [2.45, 2.75) is 57.2 Å². The first kappa shape index (κ1) is 13.6. The minimum absolute atomic E-state index is 0.666. The molecule has 3 rings (SSSR count). The summed E-state index contributed by atoms with van der Waals surface area (Å²) in [4.78, 5) is 0. The fraction of sp³-hybridized carbons (Fsp3) is 0.562. The third-order valence-electron chi connectivity index (χ3n) is 4.79. The lowest BCUT2D eigenvalue weighted by atomic mass is 9.87. The fourth-order valence-corrected chi connectivity index (χ4v) is 3.76. The molecule has 1 aromatic carbocycles. The van der Waals surface area contributed by atoms with Gasteiger partial charge in [0.05, 0.1) is 0 Å². The Morgan fingerprint density at radius 3 is 2.30 bits per heavy atom. The summed E-state index contributed by atoms with van der Waals surface area (Å²) in [6.07, 6.45) is 4.59. The number of hydrogen-bond donors (Lipinski definition) is 1. The summed E-state index contributed by atoms with van der Waals surface area (Å²) in [6, 6.07) is 9.68. The lowest BCUT2D eigenvalue weighted by molar-refractivity contribution is -0.596. The molecule has 0 unspecified atom stereocenters. The third kappa shape index (κ3) is 1.71. The highest BCUT2D eigenvalue weighted by atomic mass is 16.6. The lowest BCUT2D eigenvalue weighted by Gasteiger charge is -2.38. The van der Waals surface area contributed by atoms with Crippen molar-refractivity contribution in [1.29, 1.82) is 0 Å². The second-order valence-corrected chi connectivity index (χ2v) is 6.42. The van der Waals surface area contributed by atoms with Gasteiger partial charge >= 0.3 is 0 Å². The average Bonchev–Trinajstić information content (AvgIpc) is 2.60. The number of benzene rings is 1. The van der Waals surface area contributed by atoms with Crippen molar-refractivity contribution in [1.82, 2.24) is 5.06 Å². The molecule has 0 bridgehead atoms. The normalized spacial score (nSPS) is 25.4. The Kier molecular flexibility index (Phi) is 3.10. The first-order valence-electron chi connectivity index (χ1n) is 7.39. The van der Waals surface area contributed by atoms with Gasteiger partial charge in [-0.2, -0.15) is 4.74 Å². The van der Waals surface area contributed by atoms with Crippen LogP contribution in [-0.2, 0) is 0 Å². The molecule has 0 aromatic heterocycles. The zero-order chi connectivity index (χ0) is 14.4. The van der Waals surface area contributed by atoms with E-state index in [1.54, 1.807) is 0 Å². The Labute approximate surface area is 119 Å². The van der Waals surface area contributed by atoms with Crippen molar-refractivity contribution in [3.63, 3.8) is 0 Å². The van der Waals surface area contributed by atoms with Crippen molar-refractivity contribution < 1.29 is 9.95 Å². The third-order valence-corrected chi connectivity index (χ3v) is 4.79. The van der Waals surface area contributed by atoms with Crippen LogP contribution in [0.1, 0.15) is 51.5 Å². The van der Waals surface area contributed by atoms with Crippen LogP contribution in [0.2, 0.25) is 0 Å². The number of hydroxylamine groups is 3. The summed E-state index contributed by atoms with van der Waals surface area (Å²) >= 11 is 0. The van der Waals surface area contributed by atoms with Gasteiger partial charge in [0.15, 0.2) is 0 Å². The van der Waals surface area contributed by atoms with Gasteiger partial charge in [-0.15, -0.1) is 5.06 Å². The van der Waals surface area contributed by atoms with E-state index in [4.69, 9.17) is 0 Å².